The number of rotatable bonds is 9. The average Bonchev–Trinajstić information content (AvgIpc) is 2.54. The number of amides is 2. The fraction of sp³-hybridized carbons (Fsp3) is 0.895. The summed E-state index contributed by atoms with van der Waals surface area (Å²) in [6, 6.07) is 0. The minimum atomic E-state index is -0.452. The van der Waals surface area contributed by atoms with Crippen LogP contribution in [-0.2, 0) is 14.3 Å². The molecule has 0 unspecified atom stereocenters. The van der Waals surface area contributed by atoms with Crippen LogP contribution < -0.4 is 5.32 Å². The monoisotopic (exact) mass is 371 g/mol. The van der Waals surface area contributed by atoms with Gasteiger partial charge in [-0.1, -0.05) is 13.8 Å². The second-order valence-electron chi connectivity index (χ2n) is 8.23. The van der Waals surface area contributed by atoms with E-state index in [9.17, 15) is 9.59 Å². The highest BCUT2D eigenvalue weighted by Crippen LogP contribution is 2.11. The molecule has 0 aliphatic carbocycles. The number of nitrogens with one attached hydrogen (secondary N) is 1. The Hall–Kier alpha value is -1.34. The van der Waals surface area contributed by atoms with Crippen LogP contribution in [0.15, 0.2) is 0 Å². The number of carbonyl (C=O) groups is 2. The molecule has 1 saturated heterocycles. The number of ether oxygens (including phenoxy) is 2. The molecule has 1 aliphatic rings. The Kier molecular flexibility index (Phi) is 9.94. The Morgan fingerprint density at radius 1 is 1.12 bits per heavy atom. The smallest absolute Gasteiger partial charge is 0.410 e. The summed E-state index contributed by atoms with van der Waals surface area (Å²) < 4.78 is 10.8. The number of hydrogen-bond donors (Lipinski definition) is 1. The Labute approximate surface area is 158 Å². The van der Waals surface area contributed by atoms with E-state index in [1.54, 1.807) is 4.90 Å². The fourth-order valence-electron chi connectivity index (χ4n) is 2.58. The maximum Gasteiger partial charge on any atom is 0.410 e. The van der Waals surface area contributed by atoms with Gasteiger partial charge < -0.3 is 19.7 Å². The SMILES string of the molecule is CC(C)COCCC(=O)NCCCN1CCN(C(=O)OC(C)(C)C)CC1. The van der Waals surface area contributed by atoms with Gasteiger partial charge in [-0.25, -0.2) is 4.79 Å². The zero-order valence-corrected chi connectivity index (χ0v) is 17.2. The molecule has 1 heterocycles. The zero-order chi connectivity index (χ0) is 19.6. The molecular formula is C19H37N3O4. The van der Waals surface area contributed by atoms with E-state index in [4.69, 9.17) is 9.47 Å². The van der Waals surface area contributed by atoms with E-state index in [0.29, 0.717) is 45.2 Å². The van der Waals surface area contributed by atoms with Crippen LogP contribution >= 0.6 is 0 Å². The lowest BCUT2D eigenvalue weighted by atomic mass is 10.2. The van der Waals surface area contributed by atoms with Gasteiger partial charge in [-0.2, -0.15) is 0 Å². The third-order valence-electron chi connectivity index (χ3n) is 3.92. The summed E-state index contributed by atoms with van der Waals surface area (Å²) in [7, 11) is 0. The standard InChI is InChI=1S/C19H37N3O4/c1-16(2)15-25-14-7-17(23)20-8-6-9-21-10-12-22(13-11-21)18(24)26-19(3,4)5/h16H,6-15H2,1-5H3,(H,20,23). The van der Waals surface area contributed by atoms with Crippen molar-refractivity contribution in [1.29, 1.82) is 0 Å². The Balaban J connectivity index is 2.06. The largest absolute Gasteiger partial charge is 0.444 e. The van der Waals surface area contributed by atoms with E-state index < -0.39 is 5.60 Å². The van der Waals surface area contributed by atoms with Gasteiger partial charge in [-0.05, 0) is 39.7 Å². The summed E-state index contributed by atoms with van der Waals surface area (Å²) in [4.78, 5) is 27.8. The molecule has 152 valence electrons. The molecule has 0 radical (unpaired) electrons. The van der Waals surface area contributed by atoms with Gasteiger partial charge in [0.2, 0.25) is 5.91 Å². The first-order chi connectivity index (χ1) is 12.2. The Morgan fingerprint density at radius 3 is 2.35 bits per heavy atom. The van der Waals surface area contributed by atoms with Gasteiger partial charge in [-0.3, -0.25) is 9.69 Å². The molecule has 1 rings (SSSR count). The van der Waals surface area contributed by atoms with Crippen LogP contribution in [0, 0.1) is 5.92 Å². The molecule has 1 fully saturated rings. The van der Waals surface area contributed by atoms with E-state index in [0.717, 1.165) is 26.1 Å². The second-order valence-corrected chi connectivity index (χ2v) is 8.23. The second kappa shape index (κ2) is 11.4. The molecule has 0 spiro atoms. The maximum atomic E-state index is 12.0. The lowest BCUT2D eigenvalue weighted by molar-refractivity contribution is -0.122. The highest BCUT2D eigenvalue weighted by atomic mass is 16.6. The van der Waals surface area contributed by atoms with E-state index in [-0.39, 0.29) is 12.0 Å². The van der Waals surface area contributed by atoms with E-state index in [2.05, 4.69) is 24.1 Å². The molecule has 0 saturated carbocycles. The van der Waals surface area contributed by atoms with Crippen LogP contribution in [0.25, 0.3) is 0 Å². The lowest BCUT2D eigenvalue weighted by Gasteiger charge is -2.35. The number of nitrogens with zero attached hydrogens (tertiary/aromatic N) is 2. The first-order valence-corrected chi connectivity index (χ1v) is 9.72. The molecule has 0 aromatic carbocycles. The lowest BCUT2D eigenvalue weighted by Crippen LogP contribution is -2.50. The van der Waals surface area contributed by atoms with Gasteiger partial charge in [0.25, 0.3) is 0 Å². The summed E-state index contributed by atoms with van der Waals surface area (Å²) in [6.45, 7) is 15.7. The van der Waals surface area contributed by atoms with Crippen molar-refractivity contribution < 1.29 is 19.1 Å². The van der Waals surface area contributed by atoms with Crippen LogP contribution in [-0.4, -0.2) is 79.9 Å². The fourth-order valence-corrected chi connectivity index (χ4v) is 2.58. The molecule has 2 amide bonds. The molecule has 7 heteroatoms. The third kappa shape index (κ3) is 10.6. The molecule has 0 bridgehead atoms. The minimum Gasteiger partial charge on any atom is -0.444 e. The van der Waals surface area contributed by atoms with Gasteiger partial charge in [-0.15, -0.1) is 0 Å². The summed E-state index contributed by atoms with van der Waals surface area (Å²) in [5.74, 6) is 0.539. The first-order valence-electron chi connectivity index (χ1n) is 9.72. The quantitative estimate of drug-likeness (QED) is 0.629. The topological polar surface area (TPSA) is 71.1 Å². The summed E-state index contributed by atoms with van der Waals surface area (Å²) in [5, 5.41) is 2.93. The van der Waals surface area contributed by atoms with Crippen molar-refractivity contribution in [2.75, 3.05) is 52.5 Å². The van der Waals surface area contributed by atoms with Crippen molar-refractivity contribution >= 4 is 12.0 Å². The molecule has 0 atom stereocenters. The highest BCUT2D eigenvalue weighted by Gasteiger charge is 2.25. The highest BCUT2D eigenvalue weighted by molar-refractivity contribution is 5.75. The summed E-state index contributed by atoms with van der Waals surface area (Å²) in [6.07, 6.45) is 1.09. The van der Waals surface area contributed by atoms with Gasteiger partial charge in [0.05, 0.1) is 6.61 Å². The van der Waals surface area contributed by atoms with E-state index in [1.807, 2.05) is 20.8 Å². The van der Waals surface area contributed by atoms with Crippen molar-refractivity contribution in [3.8, 4) is 0 Å². The van der Waals surface area contributed by atoms with Crippen molar-refractivity contribution in [3.63, 3.8) is 0 Å². The molecule has 7 nitrogen and oxygen atoms in total. The van der Waals surface area contributed by atoms with Crippen molar-refractivity contribution in [1.82, 2.24) is 15.1 Å². The van der Waals surface area contributed by atoms with Crippen LogP contribution in [0.4, 0.5) is 4.79 Å². The van der Waals surface area contributed by atoms with Crippen LogP contribution in [0.3, 0.4) is 0 Å². The number of carbonyl (C=O) groups excluding carboxylic acids is 2. The normalized spacial score (nSPS) is 16.0. The predicted octanol–water partition coefficient (Wildman–Crippen LogP) is 2.11. The minimum absolute atomic E-state index is 0.0449. The van der Waals surface area contributed by atoms with Crippen LogP contribution in [0.1, 0.15) is 47.5 Å². The molecule has 0 aromatic rings. The van der Waals surface area contributed by atoms with Crippen LogP contribution in [0.5, 0.6) is 0 Å². The molecule has 26 heavy (non-hydrogen) atoms. The zero-order valence-electron chi connectivity index (χ0n) is 17.2. The van der Waals surface area contributed by atoms with Crippen LogP contribution in [0.2, 0.25) is 0 Å². The van der Waals surface area contributed by atoms with Gasteiger partial charge in [0.15, 0.2) is 0 Å². The summed E-state index contributed by atoms with van der Waals surface area (Å²) >= 11 is 0. The average molecular weight is 372 g/mol. The van der Waals surface area contributed by atoms with Gasteiger partial charge in [0, 0.05) is 45.8 Å². The maximum absolute atomic E-state index is 12.0. The molecule has 1 aliphatic heterocycles. The third-order valence-corrected chi connectivity index (χ3v) is 3.92. The van der Waals surface area contributed by atoms with Crippen molar-refractivity contribution in [2.24, 2.45) is 5.92 Å². The molecule has 0 aromatic heterocycles. The van der Waals surface area contributed by atoms with Gasteiger partial charge in [0.1, 0.15) is 5.60 Å². The van der Waals surface area contributed by atoms with E-state index >= 15 is 0 Å². The molecule has 1 N–H and O–H groups in total. The summed E-state index contributed by atoms with van der Waals surface area (Å²) in [5.41, 5.74) is -0.452. The van der Waals surface area contributed by atoms with Crippen molar-refractivity contribution in [2.45, 2.75) is 53.1 Å². The first kappa shape index (κ1) is 22.7. The number of hydrogen-bond acceptors (Lipinski definition) is 5. The van der Waals surface area contributed by atoms with Gasteiger partial charge >= 0.3 is 6.09 Å². The van der Waals surface area contributed by atoms with E-state index in [1.165, 1.54) is 0 Å². The Bertz CT molecular complexity index is 427. The Morgan fingerprint density at radius 2 is 1.77 bits per heavy atom. The number of piperazine rings is 1. The van der Waals surface area contributed by atoms with Crippen molar-refractivity contribution in [3.05, 3.63) is 0 Å². The predicted molar refractivity (Wildman–Crippen MR) is 102 cm³/mol. The molecular weight excluding hydrogens is 334 g/mol.